The van der Waals surface area contributed by atoms with Crippen molar-refractivity contribution in [2.24, 2.45) is 0 Å². The Morgan fingerprint density at radius 2 is 0.446 bits per heavy atom. The Bertz CT molecular complexity index is 3920. The van der Waals surface area contributed by atoms with Crippen LogP contribution < -0.4 is 0 Å². The van der Waals surface area contributed by atoms with Gasteiger partial charge in [-0.3, -0.25) is 0 Å². The maximum Gasteiger partial charge on any atom is 0.166 e. The zero-order chi connectivity index (χ0) is 49.0. The first-order chi connectivity index (χ1) is 36.7. The molecular weight excluding hydrogens is 905 g/mol. The standard InChI is InChI=1S/C66H42N8/c1-6-24-43(25-7-1)58-59(73-54-38-20-16-34-48(54)49-35-17-21-39-55(49)73)52(65-69-61(44-26-8-2-9-27-44)67-62(70-65)45-28-10-3-11-29-45)42-53(60(58)74-56-40-22-18-36-50(56)51-37-19-23-41-57(51)74)66-71-63(46-30-12-4-13-31-46)68-64(72-66)47-32-14-5-15-33-47/h1-42H. The van der Waals surface area contributed by atoms with Crippen molar-refractivity contribution in [1.29, 1.82) is 0 Å². The summed E-state index contributed by atoms with van der Waals surface area (Å²) >= 11 is 0. The van der Waals surface area contributed by atoms with E-state index < -0.39 is 0 Å². The predicted molar refractivity (Wildman–Crippen MR) is 300 cm³/mol. The van der Waals surface area contributed by atoms with E-state index in [0.717, 1.165) is 99.5 Å². The number of hydrogen-bond donors (Lipinski definition) is 0. The average Bonchev–Trinajstić information content (AvgIpc) is 4.01. The summed E-state index contributed by atoms with van der Waals surface area (Å²) in [5.41, 5.74) is 12.8. The Hall–Kier alpha value is -10.2. The molecule has 0 fully saturated rings. The molecule has 0 spiro atoms. The van der Waals surface area contributed by atoms with Gasteiger partial charge in [-0.25, -0.2) is 29.9 Å². The van der Waals surface area contributed by atoms with Gasteiger partial charge in [-0.15, -0.1) is 0 Å². The molecular formula is C66H42N8. The summed E-state index contributed by atoms with van der Waals surface area (Å²) in [5.74, 6) is 3.18. The predicted octanol–water partition coefficient (Wildman–Crippen LogP) is 15.9. The van der Waals surface area contributed by atoms with Crippen molar-refractivity contribution in [3.05, 3.63) is 255 Å². The minimum absolute atomic E-state index is 0.488. The fourth-order valence-electron chi connectivity index (χ4n) is 10.5. The van der Waals surface area contributed by atoms with Gasteiger partial charge in [-0.2, -0.15) is 0 Å². The lowest BCUT2D eigenvalue weighted by molar-refractivity contribution is 1.05. The molecule has 0 bridgehead atoms. The van der Waals surface area contributed by atoms with Crippen LogP contribution in [-0.4, -0.2) is 39.0 Å². The number of nitrogens with zero attached hydrogens (tertiary/aromatic N) is 8. The van der Waals surface area contributed by atoms with Crippen molar-refractivity contribution in [2.45, 2.75) is 0 Å². The van der Waals surface area contributed by atoms with Gasteiger partial charge >= 0.3 is 0 Å². The second-order valence-corrected chi connectivity index (χ2v) is 18.2. The van der Waals surface area contributed by atoms with Crippen LogP contribution in [0.1, 0.15) is 0 Å². The van der Waals surface area contributed by atoms with Crippen LogP contribution in [0.2, 0.25) is 0 Å². The zero-order valence-corrected chi connectivity index (χ0v) is 39.8. The highest BCUT2D eigenvalue weighted by atomic mass is 15.1. The van der Waals surface area contributed by atoms with Gasteiger partial charge < -0.3 is 9.13 Å². The molecule has 0 unspecified atom stereocenters. The molecule has 0 aliphatic rings. The van der Waals surface area contributed by atoms with Crippen LogP contribution in [0, 0.1) is 0 Å². The number of fused-ring (bicyclic) bond motifs is 6. The third kappa shape index (κ3) is 7.23. The number of rotatable bonds is 9. The molecule has 4 heterocycles. The molecule has 0 aliphatic carbocycles. The molecule has 0 aliphatic heterocycles. The highest BCUT2D eigenvalue weighted by Crippen LogP contribution is 2.49. The molecule has 0 saturated carbocycles. The van der Waals surface area contributed by atoms with Crippen LogP contribution in [0.3, 0.4) is 0 Å². The first kappa shape index (κ1) is 42.7. The van der Waals surface area contributed by atoms with E-state index in [1.54, 1.807) is 0 Å². The van der Waals surface area contributed by atoms with Gasteiger partial charge in [0.2, 0.25) is 0 Å². The van der Waals surface area contributed by atoms with Crippen molar-refractivity contribution in [3.8, 4) is 90.8 Å². The molecule has 0 radical (unpaired) electrons. The molecule has 0 amide bonds. The quantitative estimate of drug-likeness (QED) is 0.143. The molecule has 0 atom stereocenters. The Morgan fingerprint density at radius 3 is 0.730 bits per heavy atom. The Kier molecular flexibility index (Phi) is 10.3. The van der Waals surface area contributed by atoms with Gasteiger partial charge in [0.15, 0.2) is 34.9 Å². The molecule has 8 nitrogen and oxygen atoms in total. The molecule has 8 heteroatoms. The van der Waals surface area contributed by atoms with Gasteiger partial charge in [0.1, 0.15) is 0 Å². The summed E-state index contributed by atoms with van der Waals surface area (Å²) in [5, 5.41) is 4.49. The topological polar surface area (TPSA) is 87.2 Å². The molecule has 0 N–H and O–H groups in total. The number of hydrogen-bond acceptors (Lipinski definition) is 6. The maximum absolute atomic E-state index is 5.53. The Balaban J connectivity index is 1.24. The maximum atomic E-state index is 5.53. The van der Waals surface area contributed by atoms with Crippen LogP contribution >= 0.6 is 0 Å². The lowest BCUT2D eigenvalue weighted by Crippen LogP contribution is -2.11. The fraction of sp³-hybridized carbons (Fsp3) is 0. The number of aromatic nitrogens is 8. The summed E-state index contributed by atoms with van der Waals surface area (Å²) in [6, 6.07) is 88.2. The lowest BCUT2D eigenvalue weighted by Gasteiger charge is -2.26. The smallest absolute Gasteiger partial charge is 0.166 e. The van der Waals surface area contributed by atoms with Crippen molar-refractivity contribution in [2.75, 3.05) is 0 Å². The highest BCUT2D eigenvalue weighted by molar-refractivity contribution is 6.14. The summed E-state index contributed by atoms with van der Waals surface area (Å²) in [4.78, 5) is 32.5. The fourth-order valence-corrected chi connectivity index (χ4v) is 10.5. The van der Waals surface area contributed by atoms with Crippen LogP contribution in [0.25, 0.3) is 134 Å². The Labute approximate surface area is 426 Å². The van der Waals surface area contributed by atoms with E-state index in [1.165, 1.54) is 0 Å². The summed E-state index contributed by atoms with van der Waals surface area (Å²) in [6.07, 6.45) is 0. The lowest BCUT2D eigenvalue weighted by atomic mass is 9.92. The van der Waals surface area contributed by atoms with E-state index in [-0.39, 0.29) is 0 Å². The molecule has 0 saturated heterocycles. The van der Waals surface area contributed by atoms with E-state index in [4.69, 9.17) is 29.9 Å². The van der Waals surface area contributed by atoms with E-state index in [9.17, 15) is 0 Å². The van der Waals surface area contributed by atoms with Crippen molar-refractivity contribution in [1.82, 2.24) is 39.0 Å². The normalized spacial score (nSPS) is 11.5. The van der Waals surface area contributed by atoms with Crippen LogP contribution in [0.4, 0.5) is 0 Å². The van der Waals surface area contributed by atoms with Crippen molar-refractivity contribution >= 4 is 43.6 Å². The van der Waals surface area contributed by atoms with Gasteiger partial charge in [-0.1, -0.05) is 224 Å². The van der Waals surface area contributed by atoms with E-state index in [1.807, 2.05) is 72.8 Å². The first-order valence-corrected chi connectivity index (χ1v) is 24.7. The van der Waals surface area contributed by atoms with Crippen molar-refractivity contribution < 1.29 is 0 Å². The van der Waals surface area contributed by atoms with E-state index in [2.05, 4.69) is 191 Å². The molecule has 14 aromatic rings. The highest BCUT2D eigenvalue weighted by Gasteiger charge is 2.31. The monoisotopic (exact) mass is 946 g/mol. The summed E-state index contributed by atoms with van der Waals surface area (Å²) < 4.78 is 4.83. The summed E-state index contributed by atoms with van der Waals surface area (Å²) in [6.45, 7) is 0. The van der Waals surface area contributed by atoms with Gasteiger partial charge in [-0.05, 0) is 35.9 Å². The number of para-hydroxylation sites is 4. The zero-order valence-electron chi connectivity index (χ0n) is 39.8. The van der Waals surface area contributed by atoms with Gasteiger partial charge in [0, 0.05) is 60.5 Å². The molecule has 10 aromatic carbocycles. The molecule has 4 aromatic heterocycles. The van der Waals surface area contributed by atoms with Crippen LogP contribution in [0.5, 0.6) is 0 Å². The summed E-state index contributed by atoms with van der Waals surface area (Å²) in [7, 11) is 0. The third-order valence-electron chi connectivity index (χ3n) is 13.8. The van der Waals surface area contributed by atoms with E-state index >= 15 is 0 Å². The van der Waals surface area contributed by atoms with Crippen LogP contribution in [-0.2, 0) is 0 Å². The first-order valence-electron chi connectivity index (χ1n) is 24.7. The molecule has 14 rings (SSSR count). The second-order valence-electron chi connectivity index (χ2n) is 18.2. The average molecular weight is 947 g/mol. The van der Waals surface area contributed by atoms with E-state index in [0.29, 0.717) is 34.9 Å². The number of benzene rings is 10. The van der Waals surface area contributed by atoms with Crippen LogP contribution in [0.15, 0.2) is 255 Å². The molecule has 74 heavy (non-hydrogen) atoms. The van der Waals surface area contributed by atoms with Gasteiger partial charge in [0.05, 0.1) is 33.4 Å². The third-order valence-corrected chi connectivity index (χ3v) is 13.8. The largest absolute Gasteiger partial charge is 0.308 e. The molecule has 346 valence electrons. The Morgan fingerprint density at radius 1 is 0.216 bits per heavy atom. The minimum Gasteiger partial charge on any atom is -0.308 e. The van der Waals surface area contributed by atoms with Crippen molar-refractivity contribution in [3.63, 3.8) is 0 Å². The SMILES string of the molecule is c1ccc(-c2nc(-c3ccccc3)nc(-c3cc(-c4nc(-c5ccccc5)nc(-c5ccccc5)n4)c(-n4c5ccccc5c5ccccc54)c(-c4ccccc4)c3-n3c4ccccc4c4ccccc43)n2)cc1. The van der Waals surface area contributed by atoms with Gasteiger partial charge in [0.25, 0.3) is 0 Å². The minimum atomic E-state index is 0.488. The second kappa shape index (κ2) is 17.9.